The average Bonchev–Trinajstić information content (AvgIpc) is 3.32. The van der Waals surface area contributed by atoms with Gasteiger partial charge in [0.05, 0.1) is 26.9 Å². The fourth-order valence-electron chi connectivity index (χ4n) is 8.07. The first-order valence-electron chi connectivity index (χ1n) is 21.8. The van der Waals surface area contributed by atoms with Gasteiger partial charge in [-0.25, -0.2) is 0 Å². The number of nitrogens with one attached hydrogen (secondary N) is 2. The van der Waals surface area contributed by atoms with Crippen molar-refractivity contribution in [2.24, 2.45) is 0 Å². The molecule has 0 fully saturated rings. The molecule has 7 aromatic carbocycles. The number of hydrogen-bond acceptors (Lipinski definition) is 7. The fraction of sp³-hybridized carbons (Fsp3) is 0.259. The molecule has 2 N–H and O–H groups in total. The van der Waals surface area contributed by atoms with E-state index in [2.05, 4.69) is 77.4 Å². The molecule has 0 saturated heterocycles. The van der Waals surface area contributed by atoms with Gasteiger partial charge < -0.3 is 34.6 Å². The van der Waals surface area contributed by atoms with Gasteiger partial charge in [0.15, 0.2) is 0 Å². The van der Waals surface area contributed by atoms with Crippen molar-refractivity contribution in [3.63, 3.8) is 0 Å². The summed E-state index contributed by atoms with van der Waals surface area (Å²) in [6.07, 6.45) is 2.93. The number of fused-ring (bicyclic) bond motifs is 2. The van der Waals surface area contributed by atoms with Crippen molar-refractivity contribution in [2.45, 2.75) is 38.3 Å². The molecule has 0 spiro atoms. The molecule has 2 amide bonds. The molecule has 7 aromatic rings. The number of aryl methyl sites for hydroxylation is 1. The molecule has 1 atom stereocenters. The zero-order valence-electron chi connectivity index (χ0n) is 36.8. The van der Waals surface area contributed by atoms with Crippen LogP contribution in [-0.4, -0.2) is 71.3 Å². The lowest BCUT2D eigenvalue weighted by atomic mass is 9.94. The van der Waals surface area contributed by atoms with Gasteiger partial charge in [-0.05, 0) is 113 Å². The van der Waals surface area contributed by atoms with E-state index >= 15 is 0 Å². The zero-order valence-corrected chi connectivity index (χ0v) is 36.8. The van der Waals surface area contributed by atoms with E-state index in [0.29, 0.717) is 61.9 Å². The third-order valence-corrected chi connectivity index (χ3v) is 11.5. The molecule has 0 heterocycles. The summed E-state index contributed by atoms with van der Waals surface area (Å²) in [5, 5.41) is 12.0. The van der Waals surface area contributed by atoms with Gasteiger partial charge in [0, 0.05) is 63.0 Å². The second-order valence-electron chi connectivity index (χ2n) is 15.9. The molecule has 324 valence electrons. The summed E-state index contributed by atoms with van der Waals surface area (Å²) in [5.74, 6) is 1.81. The molecule has 0 saturated carbocycles. The monoisotopic (exact) mass is 842 g/mol. The minimum Gasteiger partial charge on any atom is -0.497 e. The molecule has 9 nitrogen and oxygen atoms in total. The topological polar surface area (TPSA) is 92.4 Å². The number of ether oxygens (including phenoxy) is 3. The quantitative estimate of drug-likeness (QED) is 0.0550. The molecular formula is C54H58N4O5. The smallest absolute Gasteiger partial charge is 0.252 e. The van der Waals surface area contributed by atoms with Crippen LogP contribution in [0.4, 0.5) is 5.69 Å². The van der Waals surface area contributed by atoms with Crippen molar-refractivity contribution in [1.29, 1.82) is 0 Å². The Morgan fingerprint density at radius 1 is 0.667 bits per heavy atom. The van der Waals surface area contributed by atoms with Gasteiger partial charge in [-0.2, -0.15) is 0 Å². The SMILES string of the molecule is COc1ccc(C(NC(=O)c2cccc(N(C)C)c2)c2ccc(OCCCC(=O)N(CCNCCCc3c4ccccc4cc4ccccc34)Cc3ccccc3)cc2)c(OC)c1. The number of amides is 2. The summed E-state index contributed by atoms with van der Waals surface area (Å²) >= 11 is 0. The maximum Gasteiger partial charge on any atom is 0.252 e. The Bertz CT molecular complexity index is 2540. The summed E-state index contributed by atoms with van der Waals surface area (Å²) in [6, 6.07) is 50.0. The minimum absolute atomic E-state index is 0.102. The van der Waals surface area contributed by atoms with Crippen molar-refractivity contribution in [1.82, 2.24) is 15.5 Å². The first-order chi connectivity index (χ1) is 30.8. The van der Waals surface area contributed by atoms with Crippen LogP contribution in [0.25, 0.3) is 21.5 Å². The summed E-state index contributed by atoms with van der Waals surface area (Å²) < 4.78 is 17.4. The average molecular weight is 843 g/mol. The lowest BCUT2D eigenvalue weighted by Gasteiger charge is -2.24. The van der Waals surface area contributed by atoms with Crippen LogP contribution in [-0.2, 0) is 17.8 Å². The van der Waals surface area contributed by atoms with Crippen molar-refractivity contribution in [2.75, 3.05) is 59.5 Å². The molecule has 0 aliphatic heterocycles. The van der Waals surface area contributed by atoms with E-state index in [1.165, 1.54) is 27.1 Å². The number of methoxy groups -OCH3 is 2. The summed E-state index contributed by atoms with van der Waals surface area (Å²) in [5.41, 5.74) is 5.62. The van der Waals surface area contributed by atoms with E-state index in [1.807, 2.05) is 103 Å². The van der Waals surface area contributed by atoms with Crippen LogP contribution < -0.4 is 29.7 Å². The van der Waals surface area contributed by atoms with Crippen molar-refractivity contribution in [3.05, 3.63) is 179 Å². The molecule has 9 heteroatoms. The van der Waals surface area contributed by atoms with Crippen LogP contribution in [0.3, 0.4) is 0 Å². The Balaban J connectivity index is 0.939. The Hall–Kier alpha value is -6.84. The Kier molecular flexibility index (Phi) is 15.3. The zero-order chi connectivity index (χ0) is 44.0. The number of nitrogens with zero attached hydrogens (tertiary/aromatic N) is 2. The van der Waals surface area contributed by atoms with E-state index in [0.717, 1.165) is 41.8 Å². The first kappa shape index (κ1) is 44.2. The number of benzene rings is 7. The van der Waals surface area contributed by atoms with Crippen LogP contribution in [0, 0.1) is 0 Å². The standard InChI is InChI=1S/C54H58N4O5/c1-57(2)44-20-12-19-43(36-44)54(60)56-53(50-30-29-46(61-3)37-51(50)62-4)40-25-27-45(28-26-40)63-34-14-24-52(59)58(38-39-15-6-5-7-16-39)33-32-55-31-13-23-49-47-21-10-8-17-41(47)35-42-18-9-11-22-48(42)49/h5-12,15-22,25-30,35-37,53,55H,13-14,23-24,31-34,38H2,1-4H3,(H,56,60). The van der Waals surface area contributed by atoms with Crippen LogP contribution >= 0.6 is 0 Å². The van der Waals surface area contributed by atoms with Crippen LogP contribution in [0.15, 0.2) is 152 Å². The second-order valence-corrected chi connectivity index (χ2v) is 15.9. The van der Waals surface area contributed by atoms with Crippen LogP contribution in [0.1, 0.15) is 57.9 Å². The summed E-state index contributed by atoms with van der Waals surface area (Å²) in [6.45, 7) is 3.14. The predicted molar refractivity (Wildman–Crippen MR) is 255 cm³/mol. The van der Waals surface area contributed by atoms with Crippen LogP contribution in [0.2, 0.25) is 0 Å². The third kappa shape index (κ3) is 11.6. The normalized spacial score (nSPS) is 11.6. The van der Waals surface area contributed by atoms with E-state index in [-0.39, 0.29) is 11.8 Å². The van der Waals surface area contributed by atoms with E-state index in [9.17, 15) is 9.59 Å². The highest BCUT2D eigenvalue weighted by Crippen LogP contribution is 2.35. The highest BCUT2D eigenvalue weighted by Gasteiger charge is 2.23. The van der Waals surface area contributed by atoms with Gasteiger partial charge >= 0.3 is 0 Å². The predicted octanol–water partition coefficient (Wildman–Crippen LogP) is 10.0. The number of carbonyl (C=O) groups is 2. The number of anilines is 1. The highest BCUT2D eigenvalue weighted by molar-refractivity contribution is 6.02. The van der Waals surface area contributed by atoms with Crippen molar-refractivity contribution in [3.8, 4) is 17.2 Å². The number of hydrogen-bond donors (Lipinski definition) is 2. The molecule has 0 aliphatic rings. The van der Waals surface area contributed by atoms with E-state index in [4.69, 9.17) is 14.2 Å². The van der Waals surface area contributed by atoms with Gasteiger partial charge in [0.2, 0.25) is 5.91 Å². The Labute approximate surface area is 371 Å². The van der Waals surface area contributed by atoms with Crippen molar-refractivity contribution >= 4 is 39.0 Å². The molecule has 0 aliphatic carbocycles. The second kappa shape index (κ2) is 21.8. The highest BCUT2D eigenvalue weighted by atomic mass is 16.5. The van der Waals surface area contributed by atoms with Gasteiger partial charge in [-0.1, -0.05) is 97.1 Å². The van der Waals surface area contributed by atoms with E-state index < -0.39 is 6.04 Å². The number of carbonyl (C=O) groups excluding carboxylic acids is 2. The summed E-state index contributed by atoms with van der Waals surface area (Å²) in [4.78, 5) is 31.3. The van der Waals surface area contributed by atoms with Gasteiger partial charge in [0.25, 0.3) is 5.91 Å². The molecular weight excluding hydrogens is 785 g/mol. The van der Waals surface area contributed by atoms with Crippen molar-refractivity contribution < 1.29 is 23.8 Å². The lowest BCUT2D eigenvalue weighted by molar-refractivity contribution is -0.132. The molecule has 0 radical (unpaired) electrons. The largest absolute Gasteiger partial charge is 0.497 e. The van der Waals surface area contributed by atoms with Crippen LogP contribution in [0.5, 0.6) is 17.2 Å². The summed E-state index contributed by atoms with van der Waals surface area (Å²) in [7, 11) is 7.10. The van der Waals surface area contributed by atoms with E-state index in [1.54, 1.807) is 20.3 Å². The minimum atomic E-state index is -0.525. The maximum atomic E-state index is 13.7. The molecule has 0 aromatic heterocycles. The molecule has 63 heavy (non-hydrogen) atoms. The van der Waals surface area contributed by atoms with Gasteiger partial charge in [-0.15, -0.1) is 0 Å². The third-order valence-electron chi connectivity index (χ3n) is 11.5. The first-order valence-corrected chi connectivity index (χ1v) is 21.8. The lowest BCUT2D eigenvalue weighted by Crippen LogP contribution is -2.36. The van der Waals surface area contributed by atoms with Gasteiger partial charge in [0.1, 0.15) is 17.2 Å². The number of rotatable bonds is 21. The molecule has 0 bridgehead atoms. The maximum absolute atomic E-state index is 13.7. The van der Waals surface area contributed by atoms with Gasteiger partial charge in [-0.3, -0.25) is 9.59 Å². The fourth-order valence-corrected chi connectivity index (χ4v) is 8.07. The Morgan fingerprint density at radius 3 is 2.06 bits per heavy atom. The Morgan fingerprint density at radius 2 is 1.37 bits per heavy atom. The molecule has 7 rings (SSSR count). The molecule has 1 unspecified atom stereocenters.